The molecule has 140 valence electrons. The van der Waals surface area contributed by atoms with Crippen molar-refractivity contribution in [3.63, 3.8) is 0 Å². The van der Waals surface area contributed by atoms with Gasteiger partial charge in [-0.2, -0.15) is 0 Å². The maximum Gasteiger partial charge on any atom is 0.329 e. The van der Waals surface area contributed by atoms with Crippen LogP contribution in [-0.2, 0) is 14.4 Å². The Morgan fingerprint density at radius 2 is 1.85 bits per heavy atom. The summed E-state index contributed by atoms with van der Waals surface area (Å²) < 4.78 is 0. The van der Waals surface area contributed by atoms with Crippen molar-refractivity contribution >= 4 is 17.8 Å². The average Bonchev–Trinajstić information content (AvgIpc) is 3.04. The number of benzene rings is 1. The van der Waals surface area contributed by atoms with Gasteiger partial charge in [-0.3, -0.25) is 9.59 Å². The Morgan fingerprint density at radius 3 is 2.46 bits per heavy atom. The molecule has 26 heavy (non-hydrogen) atoms. The molecule has 3 rings (SSSR count). The smallest absolute Gasteiger partial charge is 0.329 e. The molecule has 2 atom stereocenters. The van der Waals surface area contributed by atoms with Gasteiger partial charge in [0, 0.05) is 13.0 Å². The van der Waals surface area contributed by atoms with Crippen LogP contribution >= 0.6 is 0 Å². The van der Waals surface area contributed by atoms with Crippen molar-refractivity contribution in [2.75, 3.05) is 6.54 Å². The first-order valence-corrected chi connectivity index (χ1v) is 9.33. The van der Waals surface area contributed by atoms with Crippen molar-refractivity contribution in [2.24, 2.45) is 5.92 Å². The highest BCUT2D eigenvalue weighted by molar-refractivity contribution is 5.93. The van der Waals surface area contributed by atoms with Crippen molar-refractivity contribution in [3.8, 4) is 0 Å². The molecule has 0 bridgehead atoms. The highest BCUT2D eigenvalue weighted by atomic mass is 16.4. The van der Waals surface area contributed by atoms with E-state index in [1.165, 1.54) is 0 Å². The molecule has 6 heteroatoms. The number of amides is 2. The summed E-state index contributed by atoms with van der Waals surface area (Å²) in [6.07, 6.45) is 3.65. The Balaban J connectivity index is 1.68. The molecule has 2 aliphatic rings. The summed E-state index contributed by atoms with van der Waals surface area (Å²) in [5.74, 6) is -1.84. The van der Waals surface area contributed by atoms with Crippen LogP contribution in [0.4, 0.5) is 0 Å². The van der Waals surface area contributed by atoms with Crippen LogP contribution in [-0.4, -0.2) is 39.9 Å². The molecule has 2 fully saturated rings. The third kappa shape index (κ3) is 3.59. The zero-order chi connectivity index (χ0) is 18.7. The molecule has 2 amide bonds. The second kappa shape index (κ2) is 7.48. The van der Waals surface area contributed by atoms with Crippen molar-refractivity contribution in [2.45, 2.75) is 57.0 Å². The lowest BCUT2D eigenvalue weighted by atomic mass is 9.81. The number of carbonyl (C=O) groups is 3. The third-order valence-corrected chi connectivity index (χ3v) is 5.76. The van der Waals surface area contributed by atoms with Crippen molar-refractivity contribution in [1.29, 1.82) is 0 Å². The minimum atomic E-state index is -1.17. The molecule has 0 unspecified atom stereocenters. The van der Waals surface area contributed by atoms with Gasteiger partial charge in [-0.05, 0) is 25.3 Å². The first-order chi connectivity index (χ1) is 12.4. The SMILES string of the molecule is C[C@H](c1ccccc1)N1C[C@@H](C(=O)NC2(C(=O)O)CCCCC2)CC1=O. The van der Waals surface area contributed by atoms with Crippen LogP contribution in [0.3, 0.4) is 0 Å². The standard InChI is InChI=1S/C20H26N2O4/c1-14(15-8-4-2-5-9-15)22-13-16(12-17(22)23)18(24)21-20(19(25)26)10-6-3-7-11-20/h2,4-5,8-9,14,16H,3,6-7,10-13H2,1H3,(H,21,24)(H,25,26)/t14-,16+/m1/s1. The van der Waals surface area contributed by atoms with Gasteiger partial charge in [0.25, 0.3) is 0 Å². The lowest BCUT2D eigenvalue weighted by molar-refractivity contribution is -0.150. The van der Waals surface area contributed by atoms with E-state index in [-0.39, 0.29) is 24.3 Å². The summed E-state index contributed by atoms with van der Waals surface area (Å²) in [4.78, 5) is 38.6. The number of hydrogen-bond donors (Lipinski definition) is 2. The first-order valence-electron chi connectivity index (χ1n) is 9.33. The predicted octanol–water partition coefficient (Wildman–Crippen LogP) is 2.50. The number of hydrogen-bond acceptors (Lipinski definition) is 3. The Kier molecular flexibility index (Phi) is 5.30. The zero-order valence-electron chi connectivity index (χ0n) is 15.1. The number of carbonyl (C=O) groups excluding carboxylic acids is 2. The lowest BCUT2D eigenvalue weighted by Gasteiger charge is -2.34. The molecular weight excluding hydrogens is 332 g/mol. The number of rotatable bonds is 5. The fourth-order valence-corrected chi connectivity index (χ4v) is 4.08. The molecule has 1 heterocycles. The fraction of sp³-hybridized carbons (Fsp3) is 0.550. The van der Waals surface area contributed by atoms with E-state index in [1.54, 1.807) is 4.90 Å². The lowest BCUT2D eigenvalue weighted by Crippen LogP contribution is -2.57. The van der Waals surface area contributed by atoms with Gasteiger partial charge < -0.3 is 15.3 Å². The number of nitrogens with one attached hydrogen (secondary N) is 1. The van der Waals surface area contributed by atoms with E-state index < -0.39 is 17.4 Å². The van der Waals surface area contributed by atoms with E-state index in [2.05, 4.69) is 5.32 Å². The summed E-state index contributed by atoms with van der Waals surface area (Å²) in [5, 5.41) is 12.4. The summed E-state index contributed by atoms with van der Waals surface area (Å²) in [6.45, 7) is 2.28. The Labute approximate surface area is 153 Å². The highest BCUT2D eigenvalue weighted by Crippen LogP contribution is 2.32. The molecule has 1 aliphatic carbocycles. The van der Waals surface area contributed by atoms with Crippen LogP contribution in [0.15, 0.2) is 30.3 Å². The molecule has 1 saturated carbocycles. The second-order valence-corrected chi connectivity index (χ2v) is 7.47. The van der Waals surface area contributed by atoms with E-state index in [1.807, 2.05) is 37.3 Å². The topological polar surface area (TPSA) is 86.7 Å². The van der Waals surface area contributed by atoms with Crippen LogP contribution in [0.2, 0.25) is 0 Å². The van der Waals surface area contributed by atoms with E-state index in [4.69, 9.17) is 0 Å². The maximum atomic E-state index is 12.7. The Hall–Kier alpha value is -2.37. The second-order valence-electron chi connectivity index (χ2n) is 7.47. The van der Waals surface area contributed by atoms with Gasteiger partial charge in [0.1, 0.15) is 5.54 Å². The summed E-state index contributed by atoms with van der Waals surface area (Å²) in [5.41, 5.74) is -0.146. The van der Waals surface area contributed by atoms with Crippen molar-refractivity contribution < 1.29 is 19.5 Å². The van der Waals surface area contributed by atoms with Gasteiger partial charge >= 0.3 is 5.97 Å². The predicted molar refractivity (Wildman–Crippen MR) is 96.3 cm³/mol. The molecule has 0 aromatic heterocycles. The van der Waals surface area contributed by atoms with Gasteiger partial charge in [-0.15, -0.1) is 0 Å². The number of carboxylic acid groups (broad SMARTS) is 1. The van der Waals surface area contributed by atoms with Crippen LogP contribution in [0.1, 0.15) is 57.1 Å². The molecular formula is C20H26N2O4. The van der Waals surface area contributed by atoms with E-state index in [0.717, 1.165) is 24.8 Å². The van der Waals surface area contributed by atoms with E-state index in [0.29, 0.717) is 19.4 Å². The largest absolute Gasteiger partial charge is 0.480 e. The van der Waals surface area contributed by atoms with Gasteiger partial charge in [0.2, 0.25) is 11.8 Å². The third-order valence-electron chi connectivity index (χ3n) is 5.76. The van der Waals surface area contributed by atoms with Crippen LogP contribution < -0.4 is 5.32 Å². The maximum absolute atomic E-state index is 12.7. The Bertz CT molecular complexity index is 682. The molecule has 1 aromatic rings. The van der Waals surface area contributed by atoms with Crippen LogP contribution in [0.5, 0.6) is 0 Å². The number of likely N-dealkylation sites (tertiary alicyclic amines) is 1. The van der Waals surface area contributed by atoms with Gasteiger partial charge in [-0.25, -0.2) is 4.79 Å². The van der Waals surface area contributed by atoms with E-state index >= 15 is 0 Å². The summed E-state index contributed by atoms with van der Waals surface area (Å²) >= 11 is 0. The molecule has 1 saturated heterocycles. The fourth-order valence-electron chi connectivity index (χ4n) is 4.08. The molecule has 6 nitrogen and oxygen atoms in total. The normalized spacial score (nSPS) is 23.5. The van der Waals surface area contributed by atoms with Crippen LogP contribution in [0, 0.1) is 5.92 Å². The number of nitrogens with zero attached hydrogens (tertiary/aromatic N) is 1. The minimum absolute atomic E-state index is 0.0606. The number of carboxylic acids is 1. The first kappa shape index (κ1) is 18.4. The molecule has 1 aliphatic heterocycles. The molecule has 0 radical (unpaired) electrons. The quantitative estimate of drug-likeness (QED) is 0.847. The van der Waals surface area contributed by atoms with Gasteiger partial charge in [0.15, 0.2) is 0 Å². The van der Waals surface area contributed by atoms with E-state index in [9.17, 15) is 19.5 Å². The average molecular weight is 358 g/mol. The summed E-state index contributed by atoms with van der Waals surface area (Å²) in [6, 6.07) is 9.60. The molecule has 1 aromatic carbocycles. The minimum Gasteiger partial charge on any atom is -0.480 e. The molecule has 2 N–H and O–H groups in total. The highest BCUT2D eigenvalue weighted by Gasteiger charge is 2.44. The summed E-state index contributed by atoms with van der Waals surface area (Å²) in [7, 11) is 0. The Morgan fingerprint density at radius 1 is 1.19 bits per heavy atom. The van der Waals surface area contributed by atoms with Gasteiger partial charge in [-0.1, -0.05) is 49.6 Å². The monoisotopic (exact) mass is 358 g/mol. The van der Waals surface area contributed by atoms with Crippen molar-refractivity contribution in [3.05, 3.63) is 35.9 Å². The van der Waals surface area contributed by atoms with Crippen molar-refractivity contribution in [1.82, 2.24) is 10.2 Å². The zero-order valence-corrected chi connectivity index (χ0v) is 15.1. The van der Waals surface area contributed by atoms with Gasteiger partial charge in [0.05, 0.1) is 12.0 Å². The van der Waals surface area contributed by atoms with Crippen LogP contribution in [0.25, 0.3) is 0 Å². The molecule has 0 spiro atoms. The number of aliphatic carboxylic acids is 1.